The molecule has 0 saturated carbocycles. The van der Waals surface area contributed by atoms with E-state index >= 15 is 0 Å². The van der Waals surface area contributed by atoms with Crippen LogP contribution in [0.5, 0.6) is 0 Å². The lowest BCUT2D eigenvalue weighted by molar-refractivity contribution is 0.343. The zero-order valence-corrected chi connectivity index (χ0v) is 23.8. The van der Waals surface area contributed by atoms with Crippen molar-refractivity contribution in [2.75, 3.05) is 6.54 Å². The molecule has 1 nitrogen and oxygen atoms in total. The second-order valence-electron chi connectivity index (χ2n) is 11.0. The fraction of sp³-hybridized carbons (Fsp3) is 0.543. The summed E-state index contributed by atoms with van der Waals surface area (Å²) in [4.78, 5) is 0. The van der Waals surface area contributed by atoms with Crippen LogP contribution in [0.25, 0.3) is 5.57 Å². The highest BCUT2D eigenvalue weighted by Crippen LogP contribution is 2.45. The van der Waals surface area contributed by atoms with Gasteiger partial charge in [-0.3, -0.25) is 0 Å². The number of benzene rings is 1. The van der Waals surface area contributed by atoms with Crippen molar-refractivity contribution in [2.45, 2.75) is 105 Å². The van der Waals surface area contributed by atoms with Gasteiger partial charge in [-0.25, -0.2) is 0 Å². The van der Waals surface area contributed by atoms with Crippen molar-refractivity contribution in [1.29, 1.82) is 0 Å². The maximum Gasteiger partial charge on any atom is -0.00745 e. The second kappa shape index (κ2) is 14.6. The van der Waals surface area contributed by atoms with Gasteiger partial charge < -0.3 is 5.73 Å². The first-order chi connectivity index (χ1) is 17.5. The Bertz CT molecular complexity index is 1010. The molecule has 1 aromatic rings. The lowest BCUT2D eigenvalue weighted by Gasteiger charge is -2.30. The molecule has 1 atom stereocenters. The number of rotatable bonds is 11. The predicted octanol–water partition coefficient (Wildman–Crippen LogP) is 9.69. The first-order valence-electron chi connectivity index (χ1n) is 14.8. The fourth-order valence-corrected chi connectivity index (χ4v) is 6.31. The first-order valence-corrected chi connectivity index (χ1v) is 14.8. The lowest BCUT2D eigenvalue weighted by Crippen LogP contribution is -2.14. The number of aryl methyl sites for hydroxylation is 1. The van der Waals surface area contributed by atoms with E-state index in [9.17, 15) is 0 Å². The van der Waals surface area contributed by atoms with Gasteiger partial charge >= 0.3 is 0 Å². The number of nitrogens with two attached hydrogens (primary N) is 1. The Morgan fingerprint density at radius 1 is 1.00 bits per heavy atom. The molecule has 0 bridgehead atoms. The van der Waals surface area contributed by atoms with Gasteiger partial charge in [0.2, 0.25) is 0 Å². The minimum Gasteiger partial charge on any atom is -0.330 e. The highest BCUT2D eigenvalue weighted by molar-refractivity contribution is 5.84. The summed E-state index contributed by atoms with van der Waals surface area (Å²) in [6.07, 6.45) is 25.2. The van der Waals surface area contributed by atoms with Crippen molar-refractivity contribution in [1.82, 2.24) is 0 Å². The molecular formula is C35H51N. The van der Waals surface area contributed by atoms with Crippen LogP contribution in [0.15, 0.2) is 70.9 Å². The molecule has 0 aromatic heterocycles. The third kappa shape index (κ3) is 7.00. The first kappa shape index (κ1) is 28.5. The van der Waals surface area contributed by atoms with Crippen LogP contribution in [-0.4, -0.2) is 6.54 Å². The second-order valence-corrected chi connectivity index (χ2v) is 11.0. The summed E-state index contributed by atoms with van der Waals surface area (Å²) in [5.41, 5.74) is 18.1. The maximum absolute atomic E-state index is 5.90. The molecule has 2 aliphatic carbocycles. The van der Waals surface area contributed by atoms with Gasteiger partial charge in [-0.15, -0.1) is 0 Å². The summed E-state index contributed by atoms with van der Waals surface area (Å²) < 4.78 is 0. The van der Waals surface area contributed by atoms with E-state index in [2.05, 4.69) is 83.2 Å². The van der Waals surface area contributed by atoms with Gasteiger partial charge in [0.05, 0.1) is 0 Å². The Labute approximate surface area is 222 Å². The molecule has 0 amide bonds. The molecule has 1 unspecified atom stereocenters. The van der Waals surface area contributed by atoms with E-state index in [-0.39, 0.29) is 0 Å². The zero-order chi connectivity index (χ0) is 25.9. The van der Waals surface area contributed by atoms with Gasteiger partial charge in [0.1, 0.15) is 0 Å². The Kier molecular flexibility index (Phi) is 11.5. The van der Waals surface area contributed by atoms with Gasteiger partial charge in [-0.2, -0.15) is 0 Å². The quantitative estimate of drug-likeness (QED) is 0.310. The van der Waals surface area contributed by atoms with Crippen LogP contribution in [0.3, 0.4) is 0 Å². The summed E-state index contributed by atoms with van der Waals surface area (Å²) in [6, 6.07) is 7.09. The van der Waals surface area contributed by atoms with Crippen LogP contribution in [0, 0.1) is 11.8 Å². The van der Waals surface area contributed by atoms with Crippen molar-refractivity contribution in [3.8, 4) is 0 Å². The smallest absolute Gasteiger partial charge is 0.00745 e. The van der Waals surface area contributed by atoms with Gasteiger partial charge in [0.15, 0.2) is 0 Å². The number of allylic oxidation sites excluding steroid dienone is 10. The molecule has 2 aliphatic rings. The predicted molar refractivity (Wildman–Crippen MR) is 160 cm³/mol. The average Bonchev–Trinajstić information content (AvgIpc) is 2.89. The molecule has 0 heterocycles. The zero-order valence-electron chi connectivity index (χ0n) is 23.8. The van der Waals surface area contributed by atoms with Gasteiger partial charge in [0, 0.05) is 0 Å². The number of fused-ring (bicyclic) bond motifs is 1. The molecule has 1 aromatic carbocycles. The number of hydrogen-bond donors (Lipinski definition) is 1. The Morgan fingerprint density at radius 2 is 1.81 bits per heavy atom. The van der Waals surface area contributed by atoms with E-state index in [4.69, 9.17) is 5.73 Å². The molecule has 0 saturated heterocycles. The highest BCUT2D eigenvalue weighted by Gasteiger charge is 2.26. The fourth-order valence-electron chi connectivity index (χ4n) is 6.31. The van der Waals surface area contributed by atoms with Crippen LogP contribution in [0.2, 0.25) is 0 Å². The summed E-state index contributed by atoms with van der Waals surface area (Å²) >= 11 is 0. The van der Waals surface area contributed by atoms with Crippen LogP contribution < -0.4 is 5.73 Å². The molecule has 0 radical (unpaired) electrons. The Hall–Kier alpha value is -2.12. The van der Waals surface area contributed by atoms with Crippen LogP contribution in [0.4, 0.5) is 0 Å². The molecule has 0 fully saturated rings. The largest absolute Gasteiger partial charge is 0.330 e. The summed E-state index contributed by atoms with van der Waals surface area (Å²) in [7, 11) is 0. The molecule has 36 heavy (non-hydrogen) atoms. The SMILES string of the molecule is C/C=C1/C(C(/C=C\CCC(CCN)C(C)C)=C/CC)=C(c2cccc3c2CCCC3)CC/C1=C/CC. The summed E-state index contributed by atoms with van der Waals surface area (Å²) in [6.45, 7) is 12.2. The van der Waals surface area contributed by atoms with Crippen molar-refractivity contribution in [3.05, 3.63) is 87.6 Å². The van der Waals surface area contributed by atoms with E-state index in [1.54, 1.807) is 16.7 Å². The minimum atomic E-state index is 0.695. The molecule has 3 rings (SSSR count). The van der Waals surface area contributed by atoms with E-state index in [1.807, 2.05) is 0 Å². The van der Waals surface area contributed by atoms with Crippen molar-refractivity contribution in [3.63, 3.8) is 0 Å². The van der Waals surface area contributed by atoms with Gasteiger partial charge in [-0.1, -0.05) is 76.3 Å². The number of hydrogen-bond acceptors (Lipinski definition) is 1. The molecule has 0 spiro atoms. The standard InChI is InChI=1S/C35H51N/c1-6-14-28-22-23-34(33-21-13-19-29-17-11-12-20-32(29)33)35(31(28)8-3)30(15-7-2)18-10-9-16-27(24-25-36)26(4)5/h8,10,13-15,18-19,21,26-27H,6-7,9,11-12,16-17,20,22-25,36H2,1-5H3/b18-10-,28-14-,30-15+,31-8+. The Morgan fingerprint density at radius 3 is 2.50 bits per heavy atom. The minimum absolute atomic E-state index is 0.695. The van der Waals surface area contributed by atoms with E-state index in [0.29, 0.717) is 11.8 Å². The monoisotopic (exact) mass is 485 g/mol. The van der Waals surface area contributed by atoms with Crippen molar-refractivity contribution < 1.29 is 0 Å². The third-order valence-corrected chi connectivity index (χ3v) is 8.22. The molecule has 2 N–H and O–H groups in total. The third-order valence-electron chi connectivity index (χ3n) is 8.22. The summed E-state index contributed by atoms with van der Waals surface area (Å²) in [5.74, 6) is 1.41. The van der Waals surface area contributed by atoms with Gasteiger partial charge in [-0.05, 0) is 140 Å². The van der Waals surface area contributed by atoms with E-state index in [1.165, 1.54) is 60.0 Å². The highest BCUT2D eigenvalue weighted by atomic mass is 14.5. The molecular weight excluding hydrogens is 434 g/mol. The normalized spacial score (nSPS) is 20.1. The van der Waals surface area contributed by atoms with Crippen LogP contribution >= 0.6 is 0 Å². The van der Waals surface area contributed by atoms with Crippen LogP contribution in [0.1, 0.15) is 109 Å². The lowest BCUT2D eigenvalue weighted by atomic mass is 9.74. The van der Waals surface area contributed by atoms with Crippen molar-refractivity contribution in [2.24, 2.45) is 17.6 Å². The molecule has 1 heteroatoms. The van der Waals surface area contributed by atoms with E-state index < -0.39 is 0 Å². The van der Waals surface area contributed by atoms with Gasteiger partial charge in [0.25, 0.3) is 0 Å². The topological polar surface area (TPSA) is 26.0 Å². The maximum atomic E-state index is 5.90. The molecule has 196 valence electrons. The van der Waals surface area contributed by atoms with E-state index in [0.717, 1.165) is 45.1 Å². The summed E-state index contributed by atoms with van der Waals surface area (Å²) in [5, 5.41) is 0. The van der Waals surface area contributed by atoms with Crippen molar-refractivity contribution >= 4 is 5.57 Å². The van der Waals surface area contributed by atoms with Crippen LogP contribution in [-0.2, 0) is 12.8 Å². The Balaban J connectivity index is 2.06. The molecule has 0 aliphatic heterocycles. The average molecular weight is 486 g/mol.